The molecule has 0 unspecified atom stereocenters. The van der Waals surface area contributed by atoms with Gasteiger partial charge in [-0.3, -0.25) is 29.4 Å². The van der Waals surface area contributed by atoms with Gasteiger partial charge in [0.25, 0.3) is 0 Å². The summed E-state index contributed by atoms with van der Waals surface area (Å²) in [6.07, 6.45) is 0.386. The summed E-state index contributed by atoms with van der Waals surface area (Å²) in [5, 5.41) is 29.8. The highest BCUT2D eigenvalue weighted by Crippen LogP contribution is 2.11. The van der Waals surface area contributed by atoms with E-state index < -0.39 is 65.7 Å². The predicted octanol–water partition coefficient (Wildman–Crippen LogP) is -1.39. The SMILES string of the molecule is CC(C)C[C@H](NC(=O)[C@H](CC(C)C)NC(=O)[C@H](CCCNC(=N)N)NC(=O)[C@@H](N)C(C)C)C(=O)N[C@@H](CCC(N)=O)C(=O)O. The van der Waals surface area contributed by atoms with E-state index in [-0.39, 0.29) is 62.4 Å². The molecular formula is C28H53N9O7. The molecule has 0 rings (SSSR count). The number of hydrogen-bond acceptors (Lipinski definition) is 8. The lowest BCUT2D eigenvalue weighted by molar-refractivity contribution is -0.142. The van der Waals surface area contributed by atoms with Gasteiger partial charge in [0.2, 0.25) is 29.5 Å². The lowest BCUT2D eigenvalue weighted by Gasteiger charge is -2.28. The van der Waals surface area contributed by atoms with E-state index in [0.717, 1.165) is 0 Å². The quantitative estimate of drug-likeness (QED) is 0.0404. The van der Waals surface area contributed by atoms with Gasteiger partial charge in [-0.25, -0.2) is 4.79 Å². The average molecular weight is 628 g/mol. The Morgan fingerprint density at radius 1 is 0.682 bits per heavy atom. The number of rotatable bonds is 21. The molecule has 0 aromatic carbocycles. The fourth-order valence-electron chi connectivity index (χ4n) is 4.14. The number of nitrogens with one attached hydrogen (secondary N) is 6. The van der Waals surface area contributed by atoms with Crippen LogP contribution in [-0.4, -0.2) is 83.3 Å². The van der Waals surface area contributed by atoms with Crippen molar-refractivity contribution in [1.29, 1.82) is 5.41 Å². The molecule has 0 radical (unpaired) electrons. The van der Waals surface area contributed by atoms with Gasteiger partial charge >= 0.3 is 5.97 Å². The van der Waals surface area contributed by atoms with Crippen LogP contribution in [-0.2, 0) is 28.8 Å². The lowest BCUT2D eigenvalue weighted by atomic mass is 9.99. The minimum absolute atomic E-state index is 0.0595. The molecule has 0 aliphatic rings. The van der Waals surface area contributed by atoms with Crippen LogP contribution in [0.5, 0.6) is 0 Å². The van der Waals surface area contributed by atoms with Gasteiger partial charge < -0.3 is 48.9 Å². The van der Waals surface area contributed by atoms with Crippen molar-refractivity contribution in [2.24, 2.45) is 35.0 Å². The van der Waals surface area contributed by atoms with E-state index in [2.05, 4.69) is 26.6 Å². The number of carboxylic acids is 1. The molecule has 5 atom stereocenters. The molecule has 0 spiro atoms. The number of nitrogens with two attached hydrogens (primary N) is 3. The van der Waals surface area contributed by atoms with Crippen molar-refractivity contribution in [2.75, 3.05) is 6.54 Å². The lowest BCUT2D eigenvalue weighted by Crippen LogP contribution is -2.59. The number of aliphatic carboxylic acids is 1. The van der Waals surface area contributed by atoms with E-state index in [9.17, 15) is 33.9 Å². The van der Waals surface area contributed by atoms with Gasteiger partial charge in [0, 0.05) is 13.0 Å². The van der Waals surface area contributed by atoms with Crippen LogP contribution in [0.15, 0.2) is 0 Å². The zero-order valence-electron chi connectivity index (χ0n) is 26.7. The Kier molecular flexibility index (Phi) is 18.3. The first-order valence-corrected chi connectivity index (χ1v) is 14.9. The number of carbonyl (C=O) groups is 6. The van der Waals surface area contributed by atoms with Gasteiger partial charge in [0.05, 0.1) is 6.04 Å². The average Bonchev–Trinajstić information content (AvgIpc) is 2.89. The zero-order chi connectivity index (χ0) is 34.1. The second kappa shape index (κ2) is 20.1. The van der Waals surface area contributed by atoms with Gasteiger partial charge in [-0.1, -0.05) is 41.5 Å². The van der Waals surface area contributed by atoms with Crippen molar-refractivity contribution in [3.05, 3.63) is 0 Å². The molecule has 0 aliphatic heterocycles. The van der Waals surface area contributed by atoms with Crippen LogP contribution >= 0.6 is 0 Å². The van der Waals surface area contributed by atoms with E-state index in [1.807, 2.05) is 27.7 Å². The normalized spacial score (nSPS) is 14.6. The number of carbonyl (C=O) groups excluding carboxylic acids is 5. The molecule has 0 aromatic rings. The van der Waals surface area contributed by atoms with E-state index in [1.54, 1.807) is 13.8 Å². The maximum absolute atomic E-state index is 13.5. The Balaban J connectivity index is 5.93. The largest absolute Gasteiger partial charge is 0.480 e. The van der Waals surface area contributed by atoms with Crippen LogP contribution in [0.4, 0.5) is 0 Å². The number of amides is 5. The van der Waals surface area contributed by atoms with Crippen LogP contribution in [0, 0.1) is 23.2 Å². The molecule has 16 nitrogen and oxygen atoms in total. The number of hydrogen-bond donors (Lipinski definition) is 10. The van der Waals surface area contributed by atoms with E-state index in [4.69, 9.17) is 22.6 Å². The second-order valence-corrected chi connectivity index (χ2v) is 12.1. The van der Waals surface area contributed by atoms with Crippen molar-refractivity contribution in [3.63, 3.8) is 0 Å². The minimum atomic E-state index is -1.40. The summed E-state index contributed by atoms with van der Waals surface area (Å²) >= 11 is 0. The molecule has 0 heterocycles. The zero-order valence-corrected chi connectivity index (χ0v) is 26.7. The Bertz CT molecular complexity index is 1000. The van der Waals surface area contributed by atoms with Gasteiger partial charge in [0.1, 0.15) is 24.2 Å². The maximum atomic E-state index is 13.5. The maximum Gasteiger partial charge on any atom is 0.326 e. The third kappa shape index (κ3) is 16.6. The minimum Gasteiger partial charge on any atom is -0.480 e. The summed E-state index contributed by atoms with van der Waals surface area (Å²) in [7, 11) is 0. The predicted molar refractivity (Wildman–Crippen MR) is 165 cm³/mol. The molecule has 13 N–H and O–H groups in total. The van der Waals surface area contributed by atoms with E-state index in [1.165, 1.54) is 0 Å². The molecule has 0 aliphatic carbocycles. The van der Waals surface area contributed by atoms with Crippen LogP contribution in [0.25, 0.3) is 0 Å². The van der Waals surface area contributed by atoms with E-state index >= 15 is 0 Å². The van der Waals surface area contributed by atoms with Gasteiger partial charge in [-0.15, -0.1) is 0 Å². The van der Waals surface area contributed by atoms with Crippen molar-refractivity contribution < 1.29 is 33.9 Å². The number of primary amides is 1. The first-order valence-electron chi connectivity index (χ1n) is 14.9. The number of guanidine groups is 1. The van der Waals surface area contributed by atoms with E-state index in [0.29, 0.717) is 6.42 Å². The van der Waals surface area contributed by atoms with Crippen LogP contribution in [0.1, 0.15) is 80.1 Å². The van der Waals surface area contributed by atoms with Crippen LogP contribution < -0.4 is 43.8 Å². The summed E-state index contributed by atoms with van der Waals surface area (Å²) in [6, 6.07) is -5.56. The Morgan fingerprint density at radius 2 is 1.11 bits per heavy atom. The number of carboxylic acid groups (broad SMARTS) is 1. The van der Waals surface area contributed by atoms with Crippen LogP contribution in [0.3, 0.4) is 0 Å². The highest BCUT2D eigenvalue weighted by Gasteiger charge is 2.32. The molecule has 0 aromatic heterocycles. The monoisotopic (exact) mass is 627 g/mol. The molecule has 0 fully saturated rings. The summed E-state index contributed by atoms with van der Waals surface area (Å²) in [4.78, 5) is 75.5. The summed E-state index contributed by atoms with van der Waals surface area (Å²) in [6.45, 7) is 11.1. The molecular weight excluding hydrogens is 574 g/mol. The first kappa shape index (κ1) is 40.1. The summed E-state index contributed by atoms with van der Waals surface area (Å²) in [5.74, 6) is -5.26. The topological polar surface area (TPSA) is 285 Å². The summed E-state index contributed by atoms with van der Waals surface area (Å²) < 4.78 is 0. The molecule has 44 heavy (non-hydrogen) atoms. The highest BCUT2D eigenvalue weighted by atomic mass is 16.4. The highest BCUT2D eigenvalue weighted by molar-refractivity contribution is 5.95. The molecule has 252 valence electrons. The third-order valence-corrected chi connectivity index (χ3v) is 6.61. The third-order valence-electron chi connectivity index (χ3n) is 6.61. The first-order chi connectivity index (χ1) is 20.3. The van der Waals surface area contributed by atoms with Gasteiger partial charge in [-0.2, -0.15) is 0 Å². The second-order valence-electron chi connectivity index (χ2n) is 12.1. The standard InChI is InChI=1S/C28H53N9O7/c1-14(2)12-19(24(40)35-18(27(43)44)9-10-21(29)38)37-25(41)20(13-15(3)4)36-23(39)17(8-7-11-33-28(31)32)34-26(42)22(30)16(5)6/h14-20,22H,7-13,30H2,1-6H3,(H2,29,38)(H,34,42)(H,35,40)(H,36,39)(H,37,41)(H,43,44)(H4,31,32,33)/t17-,18-,19-,20-,22-/m0/s1. The summed E-state index contributed by atoms with van der Waals surface area (Å²) in [5.41, 5.74) is 16.4. The molecule has 16 heteroatoms. The molecule has 5 amide bonds. The van der Waals surface area contributed by atoms with Crippen molar-refractivity contribution in [2.45, 2.75) is 110 Å². The van der Waals surface area contributed by atoms with Gasteiger partial charge in [-0.05, 0) is 49.9 Å². The van der Waals surface area contributed by atoms with Crippen LogP contribution in [0.2, 0.25) is 0 Å². The smallest absolute Gasteiger partial charge is 0.326 e. The molecule has 0 saturated heterocycles. The van der Waals surface area contributed by atoms with Crippen molar-refractivity contribution in [1.82, 2.24) is 26.6 Å². The fourth-order valence-corrected chi connectivity index (χ4v) is 4.14. The molecule has 0 saturated carbocycles. The Morgan fingerprint density at radius 3 is 1.50 bits per heavy atom. The fraction of sp³-hybridized carbons (Fsp3) is 0.750. The van der Waals surface area contributed by atoms with Gasteiger partial charge in [0.15, 0.2) is 5.96 Å². The molecule has 0 bridgehead atoms. The Labute approximate surface area is 259 Å². The van der Waals surface area contributed by atoms with Crippen molar-refractivity contribution in [3.8, 4) is 0 Å². The van der Waals surface area contributed by atoms with Crippen molar-refractivity contribution >= 4 is 41.5 Å². The Hall–Kier alpha value is -3.95.